The molecule has 26 heavy (non-hydrogen) atoms. The number of rotatable bonds is 4. The minimum atomic E-state index is -0.666. The van der Waals surface area contributed by atoms with Crippen molar-refractivity contribution in [1.82, 2.24) is 20.4 Å². The zero-order valence-electron chi connectivity index (χ0n) is 14.2. The van der Waals surface area contributed by atoms with Crippen LogP contribution in [0.3, 0.4) is 0 Å². The predicted octanol–water partition coefficient (Wildman–Crippen LogP) is 2.05. The second kappa shape index (κ2) is 8.33. The van der Waals surface area contributed by atoms with E-state index in [1.165, 1.54) is 16.8 Å². The molecule has 138 valence electrons. The van der Waals surface area contributed by atoms with Crippen molar-refractivity contribution in [1.29, 1.82) is 0 Å². The highest BCUT2D eigenvalue weighted by Gasteiger charge is 2.24. The Hall–Kier alpha value is -2.39. The van der Waals surface area contributed by atoms with Gasteiger partial charge in [0.05, 0.1) is 0 Å². The first-order valence-electron chi connectivity index (χ1n) is 8.16. The van der Waals surface area contributed by atoms with Gasteiger partial charge in [0, 0.05) is 36.9 Å². The van der Waals surface area contributed by atoms with Crippen LogP contribution in [0, 0.1) is 0 Å². The summed E-state index contributed by atoms with van der Waals surface area (Å²) in [6.45, 7) is 4.25. The summed E-state index contributed by atoms with van der Waals surface area (Å²) < 4.78 is 0. The molecule has 0 bridgehead atoms. The van der Waals surface area contributed by atoms with Gasteiger partial charge in [-0.25, -0.2) is 4.79 Å². The van der Waals surface area contributed by atoms with E-state index in [4.69, 9.17) is 11.6 Å². The lowest BCUT2D eigenvalue weighted by Crippen LogP contribution is -2.54. The summed E-state index contributed by atoms with van der Waals surface area (Å²) in [5, 5.41) is 13.8. The van der Waals surface area contributed by atoms with Gasteiger partial charge < -0.3 is 15.1 Å². The fourth-order valence-electron chi connectivity index (χ4n) is 2.60. The van der Waals surface area contributed by atoms with E-state index in [0.717, 1.165) is 18.8 Å². The molecule has 8 nitrogen and oxygen atoms in total. The van der Waals surface area contributed by atoms with Gasteiger partial charge in [0.1, 0.15) is 11.6 Å². The number of hydrogen-bond acceptors (Lipinski definition) is 6. The molecular formula is C16H19ClN6O2S. The topological polar surface area (TPSA) is 90.5 Å². The third-order valence-electron chi connectivity index (χ3n) is 4.08. The zero-order chi connectivity index (χ0) is 18.5. The summed E-state index contributed by atoms with van der Waals surface area (Å²) in [5.74, 6) is -0.324. The Bertz CT molecular complexity index is 747. The molecule has 10 heteroatoms. The van der Waals surface area contributed by atoms with E-state index in [-0.39, 0.29) is 11.9 Å². The summed E-state index contributed by atoms with van der Waals surface area (Å²) in [5.41, 5.74) is 2.61. The highest BCUT2D eigenvalue weighted by molar-refractivity contribution is 7.13. The Balaban J connectivity index is 1.47. The van der Waals surface area contributed by atoms with Gasteiger partial charge in [0.2, 0.25) is 11.0 Å². The molecule has 3 rings (SSSR count). The highest BCUT2D eigenvalue weighted by Crippen LogP contribution is 2.19. The Labute approximate surface area is 160 Å². The lowest BCUT2D eigenvalue weighted by molar-refractivity contribution is -0.117. The highest BCUT2D eigenvalue weighted by atomic mass is 35.5. The Kier molecular flexibility index (Phi) is 5.89. The van der Waals surface area contributed by atoms with Crippen LogP contribution in [-0.4, -0.2) is 59.3 Å². The number of carbonyl (C=O) groups excluding carboxylic acids is 2. The molecule has 0 unspecified atom stereocenters. The molecule has 1 aromatic heterocycles. The van der Waals surface area contributed by atoms with Crippen LogP contribution in [0.15, 0.2) is 29.8 Å². The maximum Gasteiger partial charge on any atom is 0.318 e. The van der Waals surface area contributed by atoms with Crippen molar-refractivity contribution in [3.8, 4) is 0 Å². The van der Waals surface area contributed by atoms with Crippen LogP contribution < -0.4 is 15.5 Å². The summed E-state index contributed by atoms with van der Waals surface area (Å²) in [6, 6.07) is 6.74. The number of amides is 3. The van der Waals surface area contributed by atoms with E-state index >= 15 is 0 Å². The first-order valence-corrected chi connectivity index (χ1v) is 9.41. The summed E-state index contributed by atoms with van der Waals surface area (Å²) in [7, 11) is 0. The molecule has 0 radical (unpaired) electrons. The van der Waals surface area contributed by atoms with E-state index < -0.39 is 6.04 Å². The fraction of sp³-hybridized carbons (Fsp3) is 0.375. The third kappa shape index (κ3) is 4.61. The van der Waals surface area contributed by atoms with Crippen LogP contribution in [0.5, 0.6) is 0 Å². The average Bonchev–Trinajstić information content (AvgIpc) is 3.15. The van der Waals surface area contributed by atoms with Crippen LogP contribution in [0.4, 0.5) is 15.6 Å². The molecule has 0 saturated carbocycles. The minimum Gasteiger partial charge on any atom is -0.368 e. The number of carbonyl (C=O) groups is 2. The second-order valence-corrected chi connectivity index (χ2v) is 7.12. The van der Waals surface area contributed by atoms with Crippen molar-refractivity contribution < 1.29 is 9.59 Å². The van der Waals surface area contributed by atoms with Gasteiger partial charge in [0.15, 0.2) is 0 Å². The maximum absolute atomic E-state index is 12.4. The number of anilines is 2. The number of aromatic nitrogens is 2. The van der Waals surface area contributed by atoms with Crippen LogP contribution in [0.25, 0.3) is 0 Å². The van der Waals surface area contributed by atoms with Gasteiger partial charge in [-0.15, -0.1) is 10.2 Å². The minimum absolute atomic E-state index is 0.249. The molecule has 1 aliphatic rings. The van der Waals surface area contributed by atoms with Crippen molar-refractivity contribution in [3.05, 3.63) is 34.8 Å². The second-order valence-electron chi connectivity index (χ2n) is 5.85. The van der Waals surface area contributed by atoms with Crippen molar-refractivity contribution in [2.45, 2.75) is 13.0 Å². The van der Waals surface area contributed by atoms with Crippen LogP contribution in [-0.2, 0) is 4.79 Å². The molecular weight excluding hydrogens is 376 g/mol. The fourth-order valence-corrected chi connectivity index (χ4v) is 3.18. The van der Waals surface area contributed by atoms with Crippen molar-refractivity contribution in [3.63, 3.8) is 0 Å². The first-order chi connectivity index (χ1) is 12.5. The predicted molar refractivity (Wildman–Crippen MR) is 102 cm³/mol. The lowest BCUT2D eigenvalue weighted by Gasteiger charge is -2.36. The van der Waals surface area contributed by atoms with Crippen LogP contribution in [0.2, 0.25) is 5.02 Å². The van der Waals surface area contributed by atoms with Crippen molar-refractivity contribution in [2.75, 3.05) is 36.4 Å². The summed E-state index contributed by atoms with van der Waals surface area (Å²) in [4.78, 5) is 28.4. The quantitative estimate of drug-likeness (QED) is 0.828. The smallest absolute Gasteiger partial charge is 0.318 e. The molecule has 1 aliphatic heterocycles. The van der Waals surface area contributed by atoms with Crippen molar-refractivity contribution >= 4 is 45.7 Å². The van der Waals surface area contributed by atoms with Gasteiger partial charge in [0.25, 0.3) is 0 Å². The third-order valence-corrected chi connectivity index (χ3v) is 4.94. The SMILES string of the molecule is C[C@H](NC(=O)N1CCN(c2ccc(Cl)cc2)CC1)C(=O)Nc1nncs1. The largest absolute Gasteiger partial charge is 0.368 e. The van der Waals surface area contributed by atoms with Gasteiger partial charge in [-0.2, -0.15) is 0 Å². The van der Waals surface area contributed by atoms with E-state index in [1.807, 2.05) is 24.3 Å². The molecule has 1 aromatic carbocycles. The average molecular weight is 395 g/mol. The molecule has 2 N–H and O–H groups in total. The number of halogens is 1. The lowest BCUT2D eigenvalue weighted by atomic mass is 10.2. The van der Waals surface area contributed by atoms with Crippen LogP contribution in [0.1, 0.15) is 6.92 Å². The number of nitrogens with zero attached hydrogens (tertiary/aromatic N) is 4. The number of urea groups is 1. The number of hydrogen-bond donors (Lipinski definition) is 2. The van der Waals surface area contributed by atoms with E-state index in [1.54, 1.807) is 11.8 Å². The molecule has 1 saturated heterocycles. The Morgan fingerprint density at radius 3 is 2.50 bits per heavy atom. The molecule has 2 aromatic rings. The van der Waals surface area contributed by atoms with E-state index in [2.05, 4.69) is 25.7 Å². The number of piperazine rings is 1. The normalized spacial score (nSPS) is 15.5. The molecule has 2 heterocycles. The van der Waals surface area contributed by atoms with Gasteiger partial charge >= 0.3 is 6.03 Å². The number of nitrogens with one attached hydrogen (secondary N) is 2. The molecule has 1 fully saturated rings. The Morgan fingerprint density at radius 1 is 1.19 bits per heavy atom. The van der Waals surface area contributed by atoms with Crippen molar-refractivity contribution in [2.24, 2.45) is 0 Å². The van der Waals surface area contributed by atoms with Gasteiger partial charge in [-0.1, -0.05) is 22.9 Å². The molecule has 0 aliphatic carbocycles. The Morgan fingerprint density at radius 2 is 1.88 bits per heavy atom. The van der Waals surface area contributed by atoms with E-state index in [0.29, 0.717) is 23.2 Å². The molecule has 1 atom stereocenters. The standard InChI is InChI=1S/C16H19ClN6O2S/c1-11(14(24)20-15-21-18-10-26-15)19-16(25)23-8-6-22(7-9-23)13-4-2-12(17)3-5-13/h2-5,10-11H,6-9H2,1H3,(H,19,25)(H,20,21,24)/t11-/m0/s1. The van der Waals surface area contributed by atoms with Gasteiger partial charge in [-0.05, 0) is 31.2 Å². The molecule has 0 spiro atoms. The zero-order valence-corrected chi connectivity index (χ0v) is 15.8. The molecule has 3 amide bonds. The summed E-state index contributed by atoms with van der Waals surface area (Å²) >= 11 is 7.14. The monoisotopic (exact) mass is 394 g/mol. The maximum atomic E-state index is 12.4. The number of benzene rings is 1. The van der Waals surface area contributed by atoms with Crippen LogP contribution >= 0.6 is 22.9 Å². The van der Waals surface area contributed by atoms with E-state index in [9.17, 15) is 9.59 Å². The first kappa shape index (κ1) is 18.4. The van der Waals surface area contributed by atoms with Gasteiger partial charge in [-0.3, -0.25) is 10.1 Å². The summed E-state index contributed by atoms with van der Waals surface area (Å²) in [6.07, 6.45) is 0.